The summed E-state index contributed by atoms with van der Waals surface area (Å²) in [7, 11) is 0. The first-order chi connectivity index (χ1) is 9.58. The van der Waals surface area contributed by atoms with Crippen LogP contribution in [0.25, 0.3) is 0 Å². The fraction of sp³-hybridized carbons (Fsp3) is 0.438. The summed E-state index contributed by atoms with van der Waals surface area (Å²) < 4.78 is 3.02. The Balaban J connectivity index is 1.94. The van der Waals surface area contributed by atoms with Crippen molar-refractivity contribution in [2.75, 3.05) is 0 Å². The fourth-order valence-corrected chi connectivity index (χ4v) is 2.62. The summed E-state index contributed by atoms with van der Waals surface area (Å²) in [6.07, 6.45) is 3.90. The molecule has 3 nitrogen and oxygen atoms in total. The number of nitrogens with zero attached hydrogens (tertiary/aromatic N) is 2. The van der Waals surface area contributed by atoms with Crippen molar-refractivity contribution in [3.63, 3.8) is 0 Å². The lowest BCUT2D eigenvalue weighted by molar-refractivity contribution is 0.174. The van der Waals surface area contributed by atoms with Gasteiger partial charge in [-0.25, -0.2) is 0 Å². The Morgan fingerprint density at radius 2 is 2.10 bits per heavy atom. The average Bonchev–Trinajstić information content (AvgIpc) is 2.86. The van der Waals surface area contributed by atoms with Gasteiger partial charge in [-0.15, -0.1) is 0 Å². The van der Waals surface area contributed by atoms with Gasteiger partial charge in [-0.05, 0) is 43.5 Å². The Labute approximate surface area is 128 Å². The molecule has 0 fully saturated rings. The Morgan fingerprint density at radius 3 is 2.80 bits per heavy atom. The van der Waals surface area contributed by atoms with Crippen molar-refractivity contribution in [3.8, 4) is 0 Å². The Hall–Kier alpha value is -1.13. The van der Waals surface area contributed by atoms with Gasteiger partial charge in [-0.3, -0.25) is 4.68 Å². The molecule has 20 heavy (non-hydrogen) atoms. The SMILES string of the molecule is CCC(C)n1ccc(CC(O)Cc2cccc(Br)c2)n1. The lowest BCUT2D eigenvalue weighted by atomic mass is 10.0. The number of aliphatic hydroxyl groups excluding tert-OH is 1. The van der Waals surface area contributed by atoms with Gasteiger partial charge in [-0.2, -0.15) is 5.10 Å². The number of aromatic nitrogens is 2. The van der Waals surface area contributed by atoms with E-state index in [2.05, 4.69) is 34.9 Å². The van der Waals surface area contributed by atoms with Crippen LogP contribution in [0.3, 0.4) is 0 Å². The molecule has 0 spiro atoms. The van der Waals surface area contributed by atoms with Crippen LogP contribution in [0.15, 0.2) is 41.0 Å². The highest BCUT2D eigenvalue weighted by molar-refractivity contribution is 9.10. The number of hydrogen-bond acceptors (Lipinski definition) is 2. The van der Waals surface area contributed by atoms with Crippen molar-refractivity contribution in [2.24, 2.45) is 0 Å². The molecule has 0 radical (unpaired) electrons. The third kappa shape index (κ3) is 4.18. The van der Waals surface area contributed by atoms with Crippen molar-refractivity contribution in [1.29, 1.82) is 0 Å². The Bertz CT molecular complexity index is 553. The maximum absolute atomic E-state index is 10.2. The second-order valence-corrected chi connectivity index (χ2v) is 6.15. The third-order valence-corrected chi connectivity index (χ3v) is 4.00. The van der Waals surface area contributed by atoms with Gasteiger partial charge >= 0.3 is 0 Å². The molecule has 2 unspecified atom stereocenters. The van der Waals surface area contributed by atoms with Gasteiger partial charge in [0.05, 0.1) is 11.8 Å². The smallest absolute Gasteiger partial charge is 0.0650 e. The molecule has 108 valence electrons. The van der Waals surface area contributed by atoms with Gasteiger partial charge in [0.15, 0.2) is 0 Å². The molecule has 1 aromatic carbocycles. The van der Waals surface area contributed by atoms with E-state index in [1.54, 1.807) is 0 Å². The van der Waals surface area contributed by atoms with Crippen LogP contribution in [0.4, 0.5) is 0 Å². The standard InChI is InChI=1S/C16H21BrN2O/c1-3-12(2)19-8-7-15(18-19)11-16(20)10-13-5-4-6-14(17)9-13/h4-9,12,16,20H,3,10-11H2,1-2H3. The molecular formula is C16H21BrN2O. The van der Waals surface area contributed by atoms with E-state index in [4.69, 9.17) is 0 Å². The lowest BCUT2D eigenvalue weighted by Crippen LogP contribution is -2.15. The number of benzene rings is 1. The van der Waals surface area contributed by atoms with Crippen LogP contribution in [0.1, 0.15) is 37.6 Å². The van der Waals surface area contributed by atoms with Crippen LogP contribution in [0, 0.1) is 0 Å². The maximum Gasteiger partial charge on any atom is 0.0650 e. The summed E-state index contributed by atoms with van der Waals surface area (Å²) in [4.78, 5) is 0. The predicted molar refractivity (Wildman–Crippen MR) is 84.8 cm³/mol. The van der Waals surface area contributed by atoms with Crippen molar-refractivity contribution in [2.45, 2.75) is 45.3 Å². The number of aliphatic hydroxyl groups is 1. The first-order valence-corrected chi connectivity index (χ1v) is 7.84. The van der Waals surface area contributed by atoms with E-state index >= 15 is 0 Å². The molecule has 0 saturated heterocycles. The first kappa shape index (κ1) is 15.3. The number of rotatable bonds is 6. The second kappa shape index (κ2) is 7.04. The maximum atomic E-state index is 10.2. The zero-order valence-corrected chi connectivity index (χ0v) is 13.5. The molecule has 0 aliphatic carbocycles. The highest BCUT2D eigenvalue weighted by Crippen LogP contribution is 2.15. The molecule has 0 saturated carbocycles. The van der Waals surface area contributed by atoms with E-state index in [0.717, 1.165) is 22.2 Å². The van der Waals surface area contributed by atoms with E-state index in [0.29, 0.717) is 18.9 Å². The molecule has 2 atom stereocenters. The molecule has 1 heterocycles. The molecule has 4 heteroatoms. The van der Waals surface area contributed by atoms with E-state index < -0.39 is 6.10 Å². The predicted octanol–water partition coefficient (Wildman–Crippen LogP) is 3.76. The Morgan fingerprint density at radius 1 is 1.30 bits per heavy atom. The summed E-state index contributed by atoms with van der Waals surface area (Å²) in [5.74, 6) is 0. The van der Waals surface area contributed by atoms with Crippen LogP contribution in [-0.4, -0.2) is 21.0 Å². The second-order valence-electron chi connectivity index (χ2n) is 5.24. The minimum absolute atomic E-state index is 0.399. The van der Waals surface area contributed by atoms with Crippen LogP contribution in [0.5, 0.6) is 0 Å². The molecule has 0 aliphatic rings. The van der Waals surface area contributed by atoms with Crippen LogP contribution < -0.4 is 0 Å². The number of halogens is 1. The normalized spacial score (nSPS) is 14.2. The van der Waals surface area contributed by atoms with E-state index in [-0.39, 0.29) is 0 Å². The summed E-state index contributed by atoms with van der Waals surface area (Å²) >= 11 is 3.45. The minimum atomic E-state index is -0.399. The van der Waals surface area contributed by atoms with E-state index in [9.17, 15) is 5.11 Å². The number of hydrogen-bond donors (Lipinski definition) is 1. The molecule has 1 N–H and O–H groups in total. The largest absolute Gasteiger partial charge is 0.392 e. The highest BCUT2D eigenvalue weighted by Gasteiger charge is 2.11. The van der Waals surface area contributed by atoms with Crippen molar-refractivity contribution in [3.05, 3.63) is 52.3 Å². The van der Waals surface area contributed by atoms with Crippen molar-refractivity contribution < 1.29 is 5.11 Å². The molecule has 2 aromatic rings. The summed E-state index contributed by atoms with van der Waals surface area (Å²) in [6.45, 7) is 4.29. The topological polar surface area (TPSA) is 38.0 Å². The first-order valence-electron chi connectivity index (χ1n) is 7.05. The Kier molecular flexibility index (Phi) is 5.38. The van der Waals surface area contributed by atoms with Gasteiger partial charge in [0.1, 0.15) is 0 Å². The van der Waals surface area contributed by atoms with E-state index in [1.807, 2.05) is 41.2 Å². The third-order valence-electron chi connectivity index (χ3n) is 3.51. The molecule has 0 amide bonds. The van der Waals surface area contributed by atoms with Crippen LogP contribution in [0.2, 0.25) is 0 Å². The molecular weight excluding hydrogens is 316 g/mol. The van der Waals surface area contributed by atoms with Gasteiger partial charge < -0.3 is 5.11 Å². The van der Waals surface area contributed by atoms with Crippen LogP contribution in [-0.2, 0) is 12.8 Å². The average molecular weight is 337 g/mol. The van der Waals surface area contributed by atoms with E-state index in [1.165, 1.54) is 0 Å². The molecule has 1 aromatic heterocycles. The zero-order valence-electron chi connectivity index (χ0n) is 12.0. The fourth-order valence-electron chi connectivity index (χ4n) is 2.17. The molecule has 0 bridgehead atoms. The minimum Gasteiger partial charge on any atom is -0.392 e. The van der Waals surface area contributed by atoms with Crippen molar-refractivity contribution >= 4 is 15.9 Å². The van der Waals surface area contributed by atoms with Crippen LogP contribution >= 0.6 is 15.9 Å². The van der Waals surface area contributed by atoms with Gasteiger partial charge in [0, 0.05) is 23.1 Å². The monoisotopic (exact) mass is 336 g/mol. The quantitative estimate of drug-likeness (QED) is 0.872. The summed E-state index contributed by atoms with van der Waals surface area (Å²) in [6, 6.07) is 10.5. The summed E-state index contributed by atoms with van der Waals surface area (Å²) in [5, 5.41) is 14.7. The van der Waals surface area contributed by atoms with Gasteiger partial charge in [0.2, 0.25) is 0 Å². The zero-order chi connectivity index (χ0) is 14.5. The lowest BCUT2D eigenvalue weighted by Gasteiger charge is -2.10. The van der Waals surface area contributed by atoms with Crippen molar-refractivity contribution in [1.82, 2.24) is 9.78 Å². The van der Waals surface area contributed by atoms with Gasteiger partial charge in [0.25, 0.3) is 0 Å². The molecule has 2 rings (SSSR count). The summed E-state index contributed by atoms with van der Waals surface area (Å²) in [5.41, 5.74) is 2.08. The molecule has 0 aliphatic heterocycles. The van der Waals surface area contributed by atoms with Gasteiger partial charge in [-0.1, -0.05) is 35.0 Å². The highest BCUT2D eigenvalue weighted by atomic mass is 79.9.